The molecule has 1 fully saturated rings. The number of benzene rings is 1. The summed E-state index contributed by atoms with van der Waals surface area (Å²) >= 11 is 1.70. The number of carbonyl (C=O) groups is 2. The van der Waals surface area contributed by atoms with Crippen LogP contribution in [-0.2, 0) is 4.79 Å². The summed E-state index contributed by atoms with van der Waals surface area (Å²) in [5, 5.41) is 8.95. The van der Waals surface area contributed by atoms with Gasteiger partial charge in [-0.25, -0.2) is 4.79 Å². The van der Waals surface area contributed by atoms with E-state index in [1.165, 1.54) is 0 Å². The third-order valence-electron chi connectivity index (χ3n) is 3.98. The summed E-state index contributed by atoms with van der Waals surface area (Å²) in [6.07, 6.45) is 3.16. The van der Waals surface area contributed by atoms with Crippen LogP contribution in [0, 0.1) is 0 Å². The number of likely N-dealkylation sites (tertiary alicyclic amines) is 1. The average Bonchev–Trinajstić information content (AvgIpc) is 2.55. The molecule has 2 rings (SSSR count). The number of rotatable bonds is 6. The van der Waals surface area contributed by atoms with Crippen LogP contribution in [0.1, 0.15) is 48.0 Å². The maximum absolute atomic E-state index is 12.2. The molecule has 1 aliphatic rings. The van der Waals surface area contributed by atoms with Crippen molar-refractivity contribution in [3.8, 4) is 0 Å². The van der Waals surface area contributed by atoms with Gasteiger partial charge in [0.1, 0.15) is 0 Å². The second-order valence-electron chi connectivity index (χ2n) is 5.66. The number of amides is 1. The van der Waals surface area contributed by atoms with Crippen molar-refractivity contribution in [1.82, 2.24) is 4.90 Å². The van der Waals surface area contributed by atoms with Crippen LogP contribution in [0.4, 0.5) is 0 Å². The van der Waals surface area contributed by atoms with Crippen LogP contribution in [0.25, 0.3) is 0 Å². The Morgan fingerprint density at radius 1 is 1.32 bits per heavy atom. The number of piperidine rings is 1. The van der Waals surface area contributed by atoms with Gasteiger partial charge < -0.3 is 10.0 Å². The molecule has 4 nitrogen and oxygen atoms in total. The van der Waals surface area contributed by atoms with Gasteiger partial charge in [0, 0.05) is 19.0 Å². The zero-order chi connectivity index (χ0) is 15.9. The minimum absolute atomic E-state index is 0.227. The lowest BCUT2D eigenvalue weighted by Crippen LogP contribution is -2.40. The van der Waals surface area contributed by atoms with Gasteiger partial charge in [-0.2, -0.15) is 11.8 Å². The minimum atomic E-state index is -0.903. The van der Waals surface area contributed by atoms with Crippen molar-refractivity contribution in [1.29, 1.82) is 0 Å². The first kappa shape index (κ1) is 16.9. The van der Waals surface area contributed by atoms with E-state index in [-0.39, 0.29) is 5.91 Å². The van der Waals surface area contributed by atoms with Gasteiger partial charge in [0.15, 0.2) is 0 Å². The summed E-state index contributed by atoms with van der Waals surface area (Å²) in [5.41, 5.74) is 1.44. The Morgan fingerprint density at radius 2 is 2.05 bits per heavy atom. The van der Waals surface area contributed by atoms with E-state index in [0.29, 0.717) is 17.2 Å². The first-order valence-corrected chi connectivity index (χ1v) is 8.96. The molecule has 0 bridgehead atoms. The van der Waals surface area contributed by atoms with Gasteiger partial charge in [0.2, 0.25) is 5.91 Å². The summed E-state index contributed by atoms with van der Waals surface area (Å²) < 4.78 is 0. The predicted molar refractivity (Wildman–Crippen MR) is 89.6 cm³/mol. The molecule has 0 unspecified atom stereocenters. The monoisotopic (exact) mass is 321 g/mol. The largest absolute Gasteiger partial charge is 0.478 e. The van der Waals surface area contributed by atoms with E-state index in [2.05, 4.69) is 6.92 Å². The minimum Gasteiger partial charge on any atom is -0.478 e. The van der Waals surface area contributed by atoms with Crippen LogP contribution >= 0.6 is 11.8 Å². The normalized spacial score (nSPS) is 18.2. The average molecular weight is 321 g/mol. The first-order valence-electron chi connectivity index (χ1n) is 7.80. The molecule has 1 saturated heterocycles. The maximum Gasteiger partial charge on any atom is 0.335 e. The van der Waals surface area contributed by atoms with Crippen LogP contribution in [0.2, 0.25) is 0 Å². The zero-order valence-corrected chi connectivity index (χ0v) is 13.8. The molecule has 0 aliphatic carbocycles. The number of hydrogen-bond donors (Lipinski definition) is 1. The van der Waals surface area contributed by atoms with E-state index < -0.39 is 5.97 Å². The van der Waals surface area contributed by atoms with Gasteiger partial charge in [0.25, 0.3) is 0 Å². The summed E-state index contributed by atoms with van der Waals surface area (Å²) in [5.74, 6) is 1.24. The Morgan fingerprint density at radius 3 is 2.68 bits per heavy atom. The number of nitrogens with zero attached hydrogens (tertiary/aromatic N) is 1. The fraction of sp³-hybridized carbons (Fsp3) is 0.529. The van der Waals surface area contributed by atoms with Gasteiger partial charge in [-0.3, -0.25) is 4.79 Å². The van der Waals surface area contributed by atoms with Gasteiger partial charge in [-0.15, -0.1) is 0 Å². The lowest BCUT2D eigenvalue weighted by atomic mass is 9.90. The highest BCUT2D eigenvalue weighted by Crippen LogP contribution is 2.27. The highest BCUT2D eigenvalue weighted by molar-refractivity contribution is 7.99. The van der Waals surface area contributed by atoms with Gasteiger partial charge in [-0.05, 0) is 42.7 Å². The number of carboxylic acid groups (broad SMARTS) is 1. The molecule has 1 N–H and O–H groups in total. The highest BCUT2D eigenvalue weighted by Gasteiger charge is 2.24. The Kier molecular flexibility index (Phi) is 6.31. The van der Waals surface area contributed by atoms with Gasteiger partial charge in [0.05, 0.1) is 11.3 Å². The molecule has 0 saturated carbocycles. The molecule has 120 valence electrons. The number of aromatic carboxylic acids is 1. The molecular weight excluding hydrogens is 298 g/mol. The summed E-state index contributed by atoms with van der Waals surface area (Å²) in [7, 11) is 0. The third kappa shape index (κ3) is 4.50. The Labute approximate surface area is 135 Å². The molecule has 1 aromatic rings. The van der Waals surface area contributed by atoms with Crippen LogP contribution in [0.15, 0.2) is 24.3 Å². The van der Waals surface area contributed by atoms with Crippen LogP contribution in [-0.4, -0.2) is 46.5 Å². The van der Waals surface area contributed by atoms with E-state index in [0.717, 1.165) is 43.7 Å². The number of carbonyl (C=O) groups excluding carboxylic acids is 1. The van der Waals surface area contributed by atoms with Gasteiger partial charge in [-0.1, -0.05) is 19.1 Å². The quantitative estimate of drug-likeness (QED) is 0.817. The van der Waals surface area contributed by atoms with E-state index in [1.54, 1.807) is 23.9 Å². The lowest BCUT2D eigenvalue weighted by Gasteiger charge is -2.33. The van der Waals surface area contributed by atoms with E-state index in [4.69, 9.17) is 5.11 Å². The van der Waals surface area contributed by atoms with Crippen molar-refractivity contribution in [3.05, 3.63) is 35.4 Å². The van der Waals surface area contributed by atoms with Crippen LogP contribution < -0.4 is 0 Å². The zero-order valence-electron chi connectivity index (χ0n) is 13.0. The number of thioether (sulfide) groups is 1. The van der Waals surface area contributed by atoms with E-state index in [9.17, 15) is 9.59 Å². The first-order chi connectivity index (χ1) is 10.6. The number of hydrogen-bond acceptors (Lipinski definition) is 3. The third-order valence-corrected chi connectivity index (χ3v) is 5.13. The molecule has 5 heteroatoms. The summed E-state index contributed by atoms with van der Waals surface area (Å²) in [6, 6.07) is 7.06. The molecule has 22 heavy (non-hydrogen) atoms. The second kappa shape index (κ2) is 8.22. The van der Waals surface area contributed by atoms with Crippen molar-refractivity contribution in [2.45, 2.75) is 32.1 Å². The maximum atomic E-state index is 12.2. The van der Waals surface area contributed by atoms with Crippen molar-refractivity contribution >= 4 is 23.6 Å². The Hall–Kier alpha value is -1.49. The number of carboxylic acids is 1. The van der Waals surface area contributed by atoms with Crippen molar-refractivity contribution in [2.75, 3.05) is 24.6 Å². The van der Waals surface area contributed by atoms with Crippen molar-refractivity contribution in [3.63, 3.8) is 0 Å². The topological polar surface area (TPSA) is 57.6 Å². The molecular formula is C17H23NO3S. The Balaban J connectivity index is 1.95. The fourth-order valence-electron chi connectivity index (χ4n) is 2.77. The second-order valence-corrected chi connectivity index (χ2v) is 6.76. The fourth-order valence-corrected chi connectivity index (χ4v) is 3.56. The highest BCUT2D eigenvalue weighted by atomic mass is 32.2. The molecule has 0 aromatic heterocycles. The molecule has 1 amide bonds. The lowest BCUT2D eigenvalue weighted by molar-refractivity contribution is -0.129. The van der Waals surface area contributed by atoms with Crippen molar-refractivity contribution in [2.24, 2.45) is 0 Å². The predicted octanol–water partition coefficient (Wildman–Crippen LogP) is 3.23. The standard InChI is InChI=1S/C17H23NO3S/c1-2-10-22-12-16(19)18-9-3-4-15(11-18)13-5-7-14(8-6-13)17(20)21/h5-8,15H,2-4,9-12H2,1H3,(H,20,21)/t15-/m1/s1. The van der Waals surface area contributed by atoms with Gasteiger partial charge >= 0.3 is 5.97 Å². The SMILES string of the molecule is CCCSCC(=O)N1CCC[C@@H](c2ccc(C(=O)O)cc2)C1. The summed E-state index contributed by atoms with van der Waals surface area (Å²) in [6.45, 7) is 3.71. The molecule has 1 aliphatic heterocycles. The Bertz CT molecular complexity index is 515. The molecule has 1 aromatic carbocycles. The van der Waals surface area contributed by atoms with Crippen LogP contribution in [0.3, 0.4) is 0 Å². The molecule has 1 atom stereocenters. The smallest absolute Gasteiger partial charge is 0.335 e. The van der Waals surface area contributed by atoms with Crippen LogP contribution in [0.5, 0.6) is 0 Å². The molecule has 0 spiro atoms. The summed E-state index contributed by atoms with van der Waals surface area (Å²) in [4.78, 5) is 25.1. The molecule has 1 heterocycles. The van der Waals surface area contributed by atoms with E-state index >= 15 is 0 Å². The van der Waals surface area contributed by atoms with E-state index in [1.807, 2.05) is 17.0 Å². The molecule has 0 radical (unpaired) electrons. The van der Waals surface area contributed by atoms with Crippen molar-refractivity contribution < 1.29 is 14.7 Å².